The van der Waals surface area contributed by atoms with E-state index in [0.29, 0.717) is 12.1 Å². The van der Waals surface area contributed by atoms with Crippen molar-refractivity contribution < 1.29 is 26.3 Å². The molecule has 0 spiro atoms. The van der Waals surface area contributed by atoms with Crippen molar-refractivity contribution in [1.82, 2.24) is 0 Å². The van der Waals surface area contributed by atoms with Crippen LogP contribution >= 0.6 is 0 Å². The molecule has 0 atom stereocenters. The third kappa shape index (κ3) is 1.99. The summed E-state index contributed by atoms with van der Waals surface area (Å²) in [6.07, 6.45) is 0. The molecular weight excluding hydrogens is 284 g/mol. The Labute approximate surface area is 108 Å². The highest BCUT2D eigenvalue weighted by molar-refractivity contribution is 5.68. The molecule has 0 aliphatic carbocycles. The average Bonchev–Trinajstić information content (AvgIpc) is 2.38. The summed E-state index contributed by atoms with van der Waals surface area (Å²) in [6, 6.07) is 2.36. The van der Waals surface area contributed by atoms with Crippen LogP contribution in [-0.2, 0) is 0 Å². The molecule has 0 radical (unpaired) electrons. The third-order valence-corrected chi connectivity index (χ3v) is 2.59. The second-order valence-corrected chi connectivity index (χ2v) is 3.74. The van der Waals surface area contributed by atoms with Gasteiger partial charge < -0.3 is 0 Å². The molecule has 102 valence electrons. The SMILES string of the molecule is N#Cc1c(F)cc(F)c(-c2ccc(F)c(F)c2F)c1F. The second-order valence-electron chi connectivity index (χ2n) is 3.74. The van der Waals surface area contributed by atoms with Gasteiger partial charge >= 0.3 is 0 Å². The van der Waals surface area contributed by atoms with Gasteiger partial charge in [0.15, 0.2) is 23.3 Å². The molecule has 0 bridgehead atoms. The third-order valence-electron chi connectivity index (χ3n) is 2.59. The van der Waals surface area contributed by atoms with Gasteiger partial charge in [0.05, 0.1) is 5.56 Å². The van der Waals surface area contributed by atoms with Gasteiger partial charge in [0.1, 0.15) is 23.3 Å². The molecule has 2 aromatic carbocycles. The first-order chi connectivity index (χ1) is 9.38. The Bertz CT molecular complexity index is 748. The normalized spacial score (nSPS) is 10.4. The fourth-order valence-electron chi connectivity index (χ4n) is 1.66. The van der Waals surface area contributed by atoms with E-state index >= 15 is 0 Å². The number of hydrogen-bond acceptors (Lipinski definition) is 1. The van der Waals surface area contributed by atoms with Gasteiger partial charge in [0.2, 0.25) is 0 Å². The Balaban J connectivity index is 2.84. The molecule has 20 heavy (non-hydrogen) atoms. The summed E-state index contributed by atoms with van der Waals surface area (Å²) in [4.78, 5) is 0. The molecule has 1 nitrogen and oxygen atoms in total. The maximum absolute atomic E-state index is 13.8. The van der Waals surface area contributed by atoms with E-state index < -0.39 is 51.6 Å². The van der Waals surface area contributed by atoms with Crippen LogP contribution in [-0.4, -0.2) is 0 Å². The Morgan fingerprint density at radius 3 is 2.00 bits per heavy atom. The van der Waals surface area contributed by atoms with E-state index in [4.69, 9.17) is 5.26 Å². The van der Waals surface area contributed by atoms with Gasteiger partial charge in [-0.3, -0.25) is 0 Å². The van der Waals surface area contributed by atoms with E-state index in [-0.39, 0.29) is 6.07 Å². The molecule has 0 aliphatic rings. The molecule has 2 aromatic rings. The van der Waals surface area contributed by atoms with Crippen molar-refractivity contribution in [2.45, 2.75) is 0 Å². The van der Waals surface area contributed by atoms with Crippen molar-refractivity contribution >= 4 is 0 Å². The molecule has 7 heteroatoms. The zero-order valence-electron chi connectivity index (χ0n) is 9.45. The van der Waals surface area contributed by atoms with Crippen LogP contribution < -0.4 is 0 Å². The van der Waals surface area contributed by atoms with Crippen LogP contribution in [0.3, 0.4) is 0 Å². The van der Waals surface area contributed by atoms with Crippen LogP contribution in [0.25, 0.3) is 11.1 Å². The zero-order chi connectivity index (χ0) is 15.0. The first-order valence-electron chi connectivity index (χ1n) is 5.10. The van der Waals surface area contributed by atoms with Crippen LogP contribution in [0.1, 0.15) is 5.56 Å². The summed E-state index contributed by atoms with van der Waals surface area (Å²) in [6.45, 7) is 0. The molecule has 0 aliphatic heterocycles. The van der Waals surface area contributed by atoms with Crippen LogP contribution in [0.15, 0.2) is 18.2 Å². The van der Waals surface area contributed by atoms with Crippen LogP contribution in [0.5, 0.6) is 0 Å². The first-order valence-corrected chi connectivity index (χ1v) is 5.10. The highest BCUT2D eigenvalue weighted by Crippen LogP contribution is 2.32. The summed E-state index contributed by atoms with van der Waals surface area (Å²) in [5.74, 6) is -10.0. The number of rotatable bonds is 1. The smallest absolute Gasteiger partial charge is 0.195 e. The molecule has 0 saturated carbocycles. The van der Waals surface area contributed by atoms with Gasteiger partial charge in [0.25, 0.3) is 0 Å². The molecule has 0 saturated heterocycles. The summed E-state index contributed by atoms with van der Waals surface area (Å²) in [5.41, 5.74) is -3.24. The summed E-state index contributed by atoms with van der Waals surface area (Å²) in [5, 5.41) is 8.55. The number of hydrogen-bond donors (Lipinski definition) is 0. The molecule has 0 amide bonds. The van der Waals surface area contributed by atoms with Crippen molar-refractivity contribution in [2.75, 3.05) is 0 Å². The molecule has 0 aromatic heterocycles. The minimum absolute atomic E-state index is 0.164. The summed E-state index contributed by atoms with van der Waals surface area (Å²) >= 11 is 0. The number of nitriles is 1. The maximum Gasteiger partial charge on any atom is 0.195 e. The van der Waals surface area contributed by atoms with Crippen molar-refractivity contribution in [3.63, 3.8) is 0 Å². The van der Waals surface area contributed by atoms with E-state index in [0.717, 1.165) is 6.07 Å². The van der Waals surface area contributed by atoms with E-state index in [9.17, 15) is 26.3 Å². The van der Waals surface area contributed by atoms with Crippen molar-refractivity contribution in [3.8, 4) is 17.2 Å². The second kappa shape index (κ2) is 4.89. The molecular formula is C13H3F6N. The molecule has 0 heterocycles. The monoisotopic (exact) mass is 287 g/mol. The highest BCUT2D eigenvalue weighted by Gasteiger charge is 2.24. The summed E-state index contributed by atoms with van der Waals surface area (Å²) < 4.78 is 79.8. The molecule has 2 rings (SSSR count). The predicted octanol–water partition coefficient (Wildman–Crippen LogP) is 4.06. The lowest BCUT2D eigenvalue weighted by Gasteiger charge is -2.09. The summed E-state index contributed by atoms with van der Waals surface area (Å²) in [7, 11) is 0. The molecule has 0 fully saturated rings. The van der Waals surface area contributed by atoms with Gasteiger partial charge in [0, 0.05) is 11.6 Å². The maximum atomic E-state index is 13.8. The van der Waals surface area contributed by atoms with Gasteiger partial charge in [-0.2, -0.15) is 5.26 Å². The van der Waals surface area contributed by atoms with E-state index in [1.54, 1.807) is 0 Å². The highest BCUT2D eigenvalue weighted by atomic mass is 19.2. The molecule has 0 N–H and O–H groups in total. The van der Waals surface area contributed by atoms with Crippen molar-refractivity contribution in [3.05, 3.63) is 58.7 Å². The van der Waals surface area contributed by atoms with Gasteiger partial charge in [-0.15, -0.1) is 0 Å². The lowest BCUT2D eigenvalue weighted by atomic mass is 10.0. The van der Waals surface area contributed by atoms with Crippen LogP contribution in [0.4, 0.5) is 26.3 Å². The number of nitrogens with zero attached hydrogens (tertiary/aromatic N) is 1. The first kappa shape index (κ1) is 13.9. The van der Waals surface area contributed by atoms with E-state index in [1.165, 1.54) is 0 Å². The fraction of sp³-hybridized carbons (Fsp3) is 0. The zero-order valence-corrected chi connectivity index (χ0v) is 9.45. The molecule has 0 unspecified atom stereocenters. The Hall–Kier alpha value is -2.49. The Kier molecular flexibility index (Phi) is 3.40. The largest absolute Gasteiger partial charge is 0.206 e. The van der Waals surface area contributed by atoms with Gasteiger partial charge in [-0.05, 0) is 12.1 Å². The number of halogens is 6. The van der Waals surface area contributed by atoms with Crippen LogP contribution in [0, 0.1) is 46.2 Å². The fourth-order valence-corrected chi connectivity index (χ4v) is 1.66. The average molecular weight is 287 g/mol. The van der Waals surface area contributed by atoms with Crippen LogP contribution in [0.2, 0.25) is 0 Å². The van der Waals surface area contributed by atoms with E-state index in [2.05, 4.69) is 0 Å². The Morgan fingerprint density at radius 2 is 1.40 bits per heavy atom. The minimum Gasteiger partial charge on any atom is -0.206 e. The van der Waals surface area contributed by atoms with Crippen molar-refractivity contribution in [2.24, 2.45) is 0 Å². The van der Waals surface area contributed by atoms with Gasteiger partial charge in [-0.25, -0.2) is 26.3 Å². The standard InChI is InChI=1S/C13H3F6N/c14-7-2-1-5(12(18)13(7)19)10-9(16)3-8(15)6(4-20)11(10)17/h1-3H. The Morgan fingerprint density at radius 1 is 0.750 bits per heavy atom. The minimum atomic E-state index is -1.93. The lowest BCUT2D eigenvalue weighted by Crippen LogP contribution is -2.02. The topological polar surface area (TPSA) is 23.8 Å². The van der Waals surface area contributed by atoms with Gasteiger partial charge in [-0.1, -0.05) is 0 Å². The van der Waals surface area contributed by atoms with E-state index in [1.807, 2.05) is 0 Å². The predicted molar refractivity (Wildman–Crippen MR) is 56.3 cm³/mol. The van der Waals surface area contributed by atoms with Crippen molar-refractivity contribution in [1.29, 1.82) is 5.26 Å². The lowest BCUT2D eigenvalue weighted by molar-refractivity contribution is 0.447. The quantitative estimate of drug-likeness (QED) is 0.573. The number of benzene rings is 2.